The first-order chi connectivity index (χ1) is 13.6. The van der Waals surface area contributed by atoms with Crippen molar-refractivity contribution in [3.05, 3.63) is 35.6 Å². The zero-order chi connectivity index (χ0) is 19.8. The largest absolute Gasteiger partial charge is 0.356 e. The van der Waals surface area contributed by atoms with Gasteiger partial charge in [0.25, 0.3) is 0 Å². The van der Waals surface area contributed by atoms with E-state index in [1.807, 2.05) is 13.1 Å². The molecule has 164 valence electrons. The van der Waals surface area contributed by atoms with Crippen LogP contribution in [0, 0.1) is 5.82 Å². The summed E-state index contributed by atoms with van der Waals surface area (Å²) in [5.74, 6) is 0.696. The van der Waals surface area contributed by atoms with Crippen molar-refractivity contribution in [2.24, 2.45) is 4.99 Å². The van der Waals surface area contributed by atoms with Gasteiger partial charge in [0.1, 0.15) is 5.82 Å². The van der Waals surface area contributed by atoms with Gasteiger partial charge < -0.3 is 20.4 Å². The lowest BCUT2D eigenvalue weighted by atomic mass is 9.96. The fourth-order valence-corrected chi connectivity index (χ4v) is 4.01. The molecule has 0 unspecified atom stereocenters. The van der Waals surface area contributed by atoms with Crippen molar-refractivity contribution in [1.82, 2.24) is 20.4 Å². The molecule has 0 amide bonds. The number of nitrogens with zero attached hydrogens (tertiary/aromatic N) is 3. The normalized spacial score (nSPS) is 19.5. The van der Waals surface area contributed by atoms with E-state index in [0.29, 0.717) is 0 Å². The Hall–Kier alpha value is -0.930. The summed E-state index contributed by atoms with van der Waals surface area (Å²) in [7, 11) is 1.81. The first-order valence-electron chi connectivity index (χ1n) is 10.8. The van der Waals surface area contributed by atoms with Gasteiger partial charge in [0.2, 0.25) is 0 Å². The van der Waals surface area contributed by atoms with Crippen LogP contribution in [0.5, 0.6) is 0 Å². The maximum Gasteiger partial charge on any atom is 0.191 e. The highest BCUT2D eigenvalue weighted by molar-refractivity contribution is 14.0. The van der Waals surface area contributed by atoms with E-state index in [0.717, 1.165) is 43.9 Å². The van der Waals surface area contributed by atoms with Crippen LogP contribution in [0.15, 0.2) is 29.3 Å². The number of likely N-dealkylation sites (N-methyl/N-ethyl adjacent to an activating group) is 1. The van der Waals surface area contributed by atoms with Crippen LogP contribution < -0.4 is 10.6 Å². The van der Waals surface area contributed by atoms with E-state index in [1.54, 1.807) is 12.1 Å². The summed E-state index contributed by atoms with van der Waals surface area (Å²) in [5, 5.41) is 6.87. The van der Waals surface area contributed by atoms with Crippen molar-refractivity contribution in [3.63, 3.8) is 0 Å². The number of hydrogen-bond donors (Lipinski definition) is 2. The summed E-state index contributed by atoms with van der Waals surface area (Å²) in [6.45, 7) is 11.2. The molecule has 2 fully saturated rings. The Kier molecular flexibility index (Phi) is 10.1. The molecule has 1 aliphatic carbocycles. The van der Waals surface area contributed by atoms with Crippen LogP contribution in [0.2, 0.25) is 0 Å². The molecule has 0 atom stereocenters. The second kappa shape index (κ2) is 12.1. The third kappa shape index (κ3) is 7.36. The standard InChI is InChI=1S/C22H36FN5.HI/c1-3-27-13-15-28(16-14-27)12-5-4-11-25-21(24-2)26-18-22(9-10-22)19-7-6-8-20(23)17-19;/h6-8,17H,3-5,9-16,18H2,1-2H3,(H2,24,25,26);1H. The Morgan fingerprint density at radius 2 is 1.83 bits per heavy atom. The fraction of sp³-hybridized carbons (Fsp3) is 0.682. The maximum atomic E-state index is 13.5. The molecule has 2 N–H and O–H groups in total. The molecule has 1 saturated heterocycles. The first kappa shape index (κ1) is 24.3. The topological polar surface area (TPSA) is 42.9 Å². The van der Waals surface area contributed by atoms with Gasteiger partial charge in [-0.25, -0.2) is 4.39 Å². The molecule has 5 nitrogen and oxygen atoms in total. The number of guanidine groups is 1. The van der Waals surface area contributed by atoms with Gasteiger partial charge in [-0.2, -0.15) is 0 Å². The quantitative estimate of drug-likeness (QED) is 0.229. The zero-order valence-electron chi connectivity index (χ0n) is 17.9. The molecule has 3 rings (SSSR count). The Labute approximate surface area is 192 Å². The molecule has 1 saturated carbocycles. The summed E-state index contributed by atoms with van der Waals surface area (Å²) in [5.41, 5.74) is 1.17. The van der Waals surface area contributed by atoms with Crippen molar-refractivity contribution in [3.8, 4) is 0 Å². The number of rotatable bonds is 9. The zero-order valence-corrected chi connectivity index (χ0v) is 20.3. The van der Waals surface area contributed by atoms with Crippen LogP contribution in [-0.2, 0) is 5.41 Å². The fourth-order valence-electron chi connectivity index (χ4n) is 4.01. The summed E-state index contributed by atoms with van der Waals surface area (Å²) in [6.07, 6.45) is 4.56. The highest BCUT2D eigenvalue weighted by Gasteiger charge is 2.44. The van der Waals surface area contributed by atoms with Crippen molar-refractivity contribution < 1.29 is 4.39 Å². The molecule has 29 heavy (non-hydrogen) atoms. The van der Waals surface area contributed by atoms with Gasteiger partial charge in [-0.15, -0.1) is 24.0 Å². The number of unbranched alkanes of at least 4 members (excludes halogenated alkanes) is 1. The van der Waals surface area contributed by atoms with Crippen LogP contribution >= 0.6 is 24.0 Å². The predicted molar refractivity (Wildman–Crippen MR) is 130 cm³/mol. The highest BCUT2D eigenvalue weighted by Crippen LogP contribution is 2.47. The first-order valence-corrected chi connectivity index (χ1v) is 10.8. The minimum atomic E-state index is -0.151. The third-order valence-corrected chi connectivity index (χ3v) is 6.21. The Morgan fingerprint density at radius 3 is 2.45 bits per heavy atom. The lowest BCUT2D eigenvalue weighted by Crippen LogP contribution is -2.46. The Balaban J connectivity index is 0.00000300. The van der Waals surface area contributed by atoms with Crippen molar-refractivity contribution in [1.29, 1.82) is 0 Å². The Bertz CT molecular complexity index is 642. The van der Waals surface area contributed by atoms with Gasteiger partial charge in [0.05, 0.1) is 0 Å². The monoisotopic (exact) mass is 517 g/mol. The summed E-state index contributed by atoms with van der Waals surface area (Å²) in [6, 6.07) is 7.02. The lowest BCUT2D eigenvalue weighted by molar-refractivity contribution is 0.136. The van der Waals surface area contributed by atoms with E-state index in [9.17, 15) is 4.39 Å². The summed E-state index contributed by atoms with van der Waals surface area (Å²) in [4.78, 5) is 9.44. The number of nitrogens with one attached hydrogen (secondary N) is 2. The van der Waals surface area contributed by atoms with E-state index in [4.69, 9.17) is 0 Å². The number of halogens is 2. The van der Waals surface area contributed by atoms with E-state index in [2.05, 4.69) is 32.3 Å². The molecule has 0 radical (unpaired) electrons. The van der Waals surface area contributed by atoms with Crippen LogP contribution in [0.3, 0.4) is 0 Å². The second-order valence-electron chi connectivity index (χ2n) is 8.13. The minimum Gasteiger partial charge on any atom is -0.356 e. The molecule has 1 heterocycles. The van der Waals surface area contributed by atoms with Crippen molar-refractivity contribution in [2.75, 3.05) is 59.4 Å². The maximum absolute atomic E-state index is 13.5. The molecule has 7 heteroatoms. The van der Waals surface area contributed by atoms with Crippen LogP contribution in [0.25, 0.3) is 0 Å². The van der Waals surface area contributed by atoms with Gasteiger partial charge in [0, 0.05) is 51.7 Å². The number of aliphatic imine (C=N–C) groups is 1. The highest BCUT2D eigenvalue weighted by atomic mass is 127. The number of piperazine rings is 1. The SMILES string of the molecule is CCN1CCN(CCCCNC(=NC)NCC2(c3cccc(F)c3)CC2)CC1.I. The second-order valence-corrected chi connectivity index (χ2v) is 8.13. The van der Waals surface area contributed by atoms with Crippen molar-refractivity contribution in [2.45, 2.75) is 38.0 Å². The smallest absolute Gasteiger partial charge is 0.191 e. The number of hydrogen-bond acceptors (Lipinski definition) is 3. The molecule has 1 aromatic carbocycles. The third-order valence-electron chi connectivity index (χ3n) is 6.21. The molecule has 1 aliphatic heterocycles. The molecule has 1 aromatic rings. The molecule has 0 spiro atoms. The molecule has 0 bridgehead atoms. The average Bonchev–Trinajstić information content (AvgIpc) is 3.52. The van der Waals surface area contributed by atoms with Gasteiger partial charge in [0.15, 0.2) is 5.96 Å². The molecular weight excluding hydrogens is 480 g/mol. The van der Waals surface area contributed by atoms with Crippen LogP contribution in [0.1, 0.15) is 38.2 Å². The number of benzene rings is 1. The van der Waals surface area contributed by atoms with E-state index in [-0.39, 0.29) is 35.2 Å². The van der Waals surface area contributed by atoms with Crippen LogP contribution in [-0.4, -0.2) is 75.2 Å². The van der Waals surface area contributed by atoms with Gasteiger partial charge >= 0.3 is 0 Å². The van der Waals surface area contributed by atoms with Gasteiger partial charge in [-0.3, -0.25) is 4.99 Å². The summed E-state index contributed by atoms with van der Waals surface area (Å²) >= 11 is 0. The van der Waals surface area contributed by atoms with Crippen LogP contribution in [0.4, 0.5) is 4.39 Å². The Morgan fingerprint density at radius 1 is 1.10 bits per heavy atom. The molecule has 0 aromatic heterocycles. The predicted octanol–water partition coefficient (Wildman–Crippen LogP) is 3.06. The van der Waals surface area contributed by atoms with Gasteiger partial charge in [-0.05, 0) is 56.5 Å². The van der Waals surface area contributed by atoms with E-state index in [1.165, 1.54) is 51.8 Å². The minimum absolute atomic E-state index is 0. The summed E-state index contributed by atoms with van der Waals surface area (Å²) < 4.78 is 13.5. The van der Waals surface area contributed by atoms with E-state index < -0.39 is 0 Å². The van der Waals surface area contributed by atoms with Gasteiger partial charge in [-0.1, -0.05) is 19.1 Å². The van der Waals surface area contributed by atoms with Crippen molar-refractivity contribution >= 4 is 29.9 Å². The van der Waals surface area contributed by atoms with E-state index >= 15 is 0 Å². The average molecular weight is 517 g/mol. The molecular formula is C22H37FIN5. The lowest BCUT2D eigenvalue weighted by Gasteiger charge is -2.34. The molecule has 2 aliphatic rings.